The molecule has 0 aliphatic heterocycles. The van der Waals surface area contributed by atoms with E-state index in [9.17, 15) is 9.18 Å². The molecule has 1 N–H and O–H groups in total. The number of rotatable bonds is 7. The predicted molar refractivity (Wildman–Crippen MR) is 83.0 cm³/mol. The molecule has 1 aromatic carbocycles. The summed E-state index contributed by atoms with van der Waals surface area (Å²) in [5.74, 6) is -0.574. The average molecular weight is 296 g/mol. The average Bonchev–Trinajstić information content (AvgIpc) is 2.43. The lowest BCUT2D eigenvalue weighted by Gasteiger charge is -2.32. The van der Waals surface area contributed by atoms with E-state index in [-0.39, 0.29) is 17.8 Å². The third-order valence-electron chi connectivity index (χ3n) is 3.45. The van der Waals surface area contributed by atoms with Gasteiger partial charge in [0, 0.05) is 19.6 Å². The number of hydrogen-bond acceptors (Lipinski definition) is 4. The molecule has 0 radical (unpaired) electrons. The Morgan fingerprint density at radius 3 is 2.57 bits per heavy atom. The monoisotopic (exact) mass is 296 g/mol. The second kappa shape index (κ2) is 7.41. The number of methoxy groups -OCH3 is 1. The molecule has 21 heavy (non-hydrogen) atoms. The zero-order chi connectivity index (χ0) is 16.0. The molecule has 0 bridgehead atoms. The van der Waals surface area contributed by atoms with Gasteiger partial charge in [0.2, 0.25) is 0 Å². The molecule has 1 atom stereocenters. The Morgan fingerprint density at radius 2 is 2.05 bits per heavy atom. The lowest BCUT2D eigenvalue weighted by molar-refractivity contribution is -0.148. The molecule has 0 saturated heterocycles. The largest absolute Gasteiger partial charge is 0.468 e. The summed E-state index contributed by atoms with van der Waals surface area (Å²) >= 11 is 0. The van der Waals surface area contributed by atoms with Crippen LogP contribution in [0.2, 0.25) is 0 Å². The van der Waals surface area contributed by atoms with E-state index in [0.29, 0.717) is 18.7 Å². The van der Waals surface area contributed by atoms with E-state index in [1.165, 1.54) is 13.2 Å². The number of esters is 1. The number of nitrogens with one attached hydrogen (secondary N) is 1. The highest BCUT2D eigenvalue weighted by Crippen LogP contribution is 2.20. The number of ether oxygens (including phenoxy) is 1. The number of carbonyl (C=O) groups excluding carboxylic acids is 1. The van der Waals surface area contributed by atoms with Crippen molar-refractivity contribution in [2.75, 3.05) is 25.6 Å². The Labute approximate surface area is 126 Å². The topological polar surface area (TPSA) is 41.6 Å². The molecule has 4 nitrogen and oxygen atoms in total. The number of nitrogens with zero attached hydrogens (tertiary/aromatic N) is 1. The highest BCUT2D eigenvalue weighted by molar-refractivity contribution is 5.80. The van der Waals surface area contributed by atoms with Gasteiger partial charge in [0.15, 0.2) is 0 Å². The predicted octanol–water partition coefficient (Wildman–Crippen LogP) is 2.58. The molecule has 1 unspecified atom stereocenters. The van der Waals surface area contributed by atoms with Crippen LogP contribution in [-0.2, 0) is 9.53 Å². The van der Waals surface area contributed by atoms with E-state index in [2.05, 4.69) is 5.32 Å². The molecule has 1 rings (SSSR count). The van der Waals surface area contributed by atoms with Gasteiger partial charge in [0.05, 0.1) is 12.8 Å². The molecule has 0 heterocycles. The lowest BCUT2D eigenvalue weighted by atomic mass is 9.96. The quantitative estimate of drug-likeness (QED) is 0.785. The summed E-state index contributed by atoms with van der Waals surface area (Å²) in [7, 11) is 3.19. The highest BCUT2D eigenvalue weighted by Gasteiger charge is 2.34. The fourth-order valence-corrected chi connectivity index (χ4v) is 2.37. The Hall–Kier alpha value is -1.62. The minimum Gasteiger partial charge on any atom is -0.468 e. The molecule has 118 valence electrons. The molecular weight excluding hydrogens is 271 g/mol. The number of benzene rings is 1. The third-order valence-corrected chi connectivity index (χ3v) is 3.45. The van der Waals surface area contributed by atoms with Gasteiger partial charge < -0.3 is 9.64 Å². The summed E-state index contributed by atoms with van der Waals surface area (Å²) in [6.45, 7) is 6.30. The van der Waals surface area contributed by atoms with Crippen LogP contribution in [-0.4, -0.2) is 38.3 Å². The van der Waals surface area contributed by atoms with Crippen molar-refractivity contribution in [3.05, 3.63) is 30.1 Å². The second-order valence-electron chi connectivity index (χ2n) is 5.75. The van der Waals surface area contributed by atoms with Crippen LogP contribution in [0.25, 0.3) is 0 Å². The summed E-state index contributed by atoms with van der Waals surface area (Å²) in [6, 6.07) is 6.75. The molecule has 0 amide bonds. The lowest BCUT2D eigenvalue weighted by Crippen LogP contribution is -2.54. The number of anilines is 1. The summed E-state index contributed by atoms with van der Waals surface area (Å²) in [6.07, 6.45) is 0.517. The maximum Gasteiger partial charge on any atom is 0.325 e. The highest BCUT2D eigenvalue weighted by atomic mass is 19.1. The minimum absolute atomic E-state index is 0.146. The van der Waals surface area contributed by atoms with Gasteiger partial charge in [0.1, 0.15) is 11.4 Å². The first kappa shape index (κ1) is 17.4. The van der Waals surface area contributed by atoms with Crippen LogP contribution in [0.3, 0.4) is 0 Å². The Bertz CT molecular complexity index is 479. The van der Waals surface area contributed by atoms with E-state index in [1.54, 1.807) is 23.1 Å². The normalized spacial score (nSPS) is 13.9. The van der Waals surface area contributed by atoms with Crippen molar-refractivity contribution >= 4 is 11.7 Å². The molecule has 0 aliphatic carbocycles. The van der Waals surface area contributed by atoms with Crippen molar-refractivity contribution in [1.82, 2.24) is 5.32 Å². The molecule has 0 spiro atoms. The fourth-order valence-electron chi connectivity index (χ4n) is 2.37. The molecular formula is C16H25FN2O2. The van der Waals surface area contributed by atoms with E-state index in [4.69, 9.17) is 4.74 Å². The first-order valence-corrected chi connectivity index (χ1v) is 7.12. The van der Waals surface area contributed by atoms with Gasteiger partial charge in [-0.05, 0) is 39.3 Å². The van der Waals surface area contributed by atoms with Crippen molar-refractivity contribution in [3.63, 3.8) is 0 Å². The summed E-state index contributed by atoms with van der Waals surface area (Å²) in [5, 5.41) is 3.23. The van der Waals surface area contributed by atoms with Crippen molar-refractivity contribution in [2.45, 2.75) is 38.8 Å². The van der Waals surface area contributed by atoms with Gasteiger partial charge in [-0.2, -0.15) is 0 Å². The van der Waals surface area contributed by atoms with Crippen LogP contribution in [0.1, 0.15) is 27.2 Å². The van der Waals surface area contributed by atoms with Gasteiger partial charge in [-0.3, -0.25) is 10.1 Å². The maximum atomic E-state index is 13.7. The first-order chi connectivity index (χ1) is 9.80. The standard InChI is InChI=1S/C16H25FN2O2/c1-12(2)18-16(3,15(20)21-5)10-11-19(4)14-9-7-6-8-13(14)17/h6-9,12,18H,10-11H2,1-5H3. The number of carbonyl (C=O) groups is 1. The van der Waals surface area contributed by atoms with Crippen LogP contribution >= 0.6 is 0 Å². The van der Waals surface area contributed by atoms with Gasteiger partial charge in [-0.15, -0.1) is 0 Å². The van der Waals surface area contributed by atoms with Gasteiger partial charge in [-0.1, -0.05) is 12.1 Å². The fraction of sp³-hybridized carbons (Fsp3) is 0.562. The van der Waals surface area contributed by atoms with E-state index >= 15 is 0 Å². The van der Waals surface area contributed by atoms with Crippen LogP contribution in [0.4, 0.5) is 10.1 Å². The summed E-state index contributed by atoms with van der Waals surface area (Å²) in [4.78, 5) is 13.8. The zero-order valence-electron chi connectivity index (χ0n) is 13.4. The summed E-state index contributed by atoms with van der Waals surface area (Å²) in [5.41, 5.74) is -0.267. The number of halogens is 1. The van der Waals surface area contributed by atoms with Crippen molar-refractivity contribution < 1.29 is 13.9 Å². The van der Waals surface area contributed by atoms with Gasteiger partial charge >= 0.3 is 5.97 Å². The van der Waals surface area contributed by atoms with E-state index in [1.807, 2.05) is 27.8 Å². The number of hydrogen-bond donors (Lipinski definition) is 1. The van der Waals surface area contributed by atoms with E-state index in [0.717, 1.165) is 0 Å². The molecule has 0 fully saturated rings. The Morgan fingerprint density at radius 1 is 1.43 bits per heavy atom. The Balaban J connectivity index is 2.77. The van der Waals surface area contributed by atoms with Crippen LogP contribution in [0, 0.1) is 5.82 Å². The van der Waals surface area contributed by atoms with Gasteiger partial charge in [0.25, 0.3) is 0 Å². The second-order valence-corrected chi connectivity index (χ2v) is 5.75. The molecule has 1 aromatic rings. The maximum absolute atomic E-state index is 13.7. The van der Waals surface area contributed by atoms with Crippen molar-refractivity contribution in [1.29, 1.82) is 0 Å². The first-order valence-electron chi connectivity index (χ1n) is 7.12. The zero-order valence-corrected chi connectivity index (χ0v) is 13.4. The van der Waals surface area contributed by atoms with Crippen LogP contribution in [0.15, 0.2) is 24.3 Å². The van der Waals surface area contributed by atoms with Crippen LogP contribution < -0.4 is 10.2 Å². The molecule has 0 saturated carbocycles. The summed E-state index contributed by atoms with van der Waals surface area (Å²) < 4.78 is 18.6. The smallest absolute Gasteiger partial charge is 0.325 e. The van der Waals surface area contributed by atoms with Crippen molar-refractivity contribution in [2.24, 2.45) is 0 Å². The number of para-hydroxylation sites is 1. The minimum atomic E-state index is -0.789. The SMILES string of the molecule is COC(=O)C(C)(CCN(C)c1ccccc1F)NC(C)C. The Kier molecular flexibility index (Phi) is 6.15. The van der Waals surface area contributed by atoms with E-state index < -0.39 is 5.54 Å². The molecule has 5 heteroatoms. The van der Waals surface area contributed by atoms with Gasteiger partial charge in [-0.25, -0.2) is 4.39 Å². The van der Waals surface area contributed by atoms with Crippen molar-refractivity contribution in [3.8, 4) is 0 Å². The van der Waals surface area contributed by atoms with Crippen LogP contribution in [0.5, 0.6) is 0 Å². The third kappa shape index (κ3) is 4.70. The molecule has 0 aromatic heterocycles. The molecule has 0 aliphatic rings.